The van der Waals surface area contributed by atoms with Gasteiger partial charge in [0.2, 0.25) is 0 Å². The average molecular weight is 339 g/mol. The Bertz CT molecular complexity index is 698. The van der Waals surface area contributed by atoms with Crippen molar-refractivity contribution in [2.75, 3.05) is 0 Å². The second-order valence-corrected chi connectivity index (χ2v) is 5.97. The van der Waals surface area contributed by atoms with E-state index in [-0.39, 0.29) is 6.42 Å². The number of carboxylic acid groups (broad SMARTS) is 1. The van der Waals surface area contributed by atoms with Crippen LogP contribution in [0.3, 0.4) is 0 Å². The van der Waals surface area contributed by atoms with E-state index >= 15 is 0 Å². The van der Waals surface area contributed by atoms with Crippen LogP contribution in [0.25, 0.3) is 0 Å². The Labute approximate surface area is 139 Å². The molecule has 0 aliphatic carbocycles. The summed E-state index contributed by atoms with van der Waals surface area (Å²) >= 11 is 11.9. The Kier molecular flexibility index (Phi) is 5.33. The van der Waals surface area contributed by atoms with Crippen molar-refractivity contribution in [2.45, 2.75) is 26.4 Å². The second kappa shape index (κ2) is 7.03. The molecule has 0 aliphatic rings. The maximum atomic E-state index is 11.5. The smallest absolute Gasteiger partial charge is 0.345 e. The Hall–Kier alpha value is -1.71. The van der Waals surface area contributed by atoms with Gasteiger partial charge in [0.25, 0.3) is 0 Å². The highest BCUT2D eigenvalue weighted by atomic mass is 35.5. The van der Waals surface area contributed by atoms with Gasteiger partial charge in [0, 0.05) is 16.5 Å². The van der Waals surface area contributed by atoms with Crippen molar-refractivity contribution in [3.05, 3.63) is 63.1 Å². The molecular formula is C17H16Cl2O3. The van der Waals surface area contributed by atoms with Crippen LogP contribution in [0.5, 0.6) is 5.75 Å². The first-order valence-electron chi connectivity index (χ1n) is 6.77. The van der Waals surface area contributed by atoms with Gasteiger partial charge in [-0.1, -0.05) is 29.3 Å². The molecule has 2 aromatic rings. The van der Waals surface area contributed by atoms with Crippen LogP contribution in [-0.4, -0.2) is 17.2 Å². The van der Waals surface area contributed by atoms with Crippen LogP contribution in [-0.2, 0) is 11.2 Å². The lowest BCUT2D eigenvalue weighted by molar-refractivity contribution is -0.145. The Balaban J connectivity index is 2.21. The SMILES string of the molecule is Cc1cc(O[C@H](Cc2cc(Cl)ccc2C)C(=O)O)ccc1Cl. The third-order valence-electron chi connectivity index (χ3n) is 3.40. The lowest BCUT2D eigenvalue weighted by atomic mass is 10.0. The van der Waals surface area contributed by atoms with Crippen LogP contribution in [0.1, 0.15) is 16.7 Å². The van der Waals surface area contributed by atoms with Crippen LogP contribution in [0.4, 0.5) is 0 Å². The summed E-state index contributed by atoms with van der Waals surface area (Å²) in [5.74, 6) is -0.541. The number of halogens is 2. The van der Waals surface area contributed by atoms with Gasteiger partial charge in [-0.25, -0.2) is 4.79 Å². The number of hydrogen-bond acceptors (Lipinski definition) is 2. The summed E-state index contributed by atoms with van der Waals surface area (Å²) < 4.78 is 5.61. The fourth-order valence-corrected chi connectivity index (χ4v) is 2.41. The number of aryl methyl sites for hydroxylation is 2. The van der Waals surface area contributed by atoms with E-state index in [1.165, 1.54) is 0 Å². The summed E-state index contributed by atoms with van der Waals surface area (Å²) in [5, 5.41) is 10.6. The number of ether oxygens (including phenoxy) is 1. The van der Waals surface area contributed by atoms with Gasteiger partial charge in [-0.2, -0.15) is 0 Å². The molecule has 2 rings (SSSR count). The highest BCUT2D eigenvalue weighted by Crippen LogP contribution is 2.24. The molecular weight excluding hydrogens is 323 g/mol. The van der Waals surface area contributed by atoms with Gasteiger partial charge in [-0.3, -0.25) is 0 Å². The zero-order valence-electron chi connectivity index (χ0n) is 12.3. The molecule has 22 heavy (non-hydrogen) atoms. The normalized spacial score (nSPS) is 12.0. The van der Waals surface area contributed by atoms with Crippen LogP contribution >= 0.6 is 23.2 Å². The summed E-state index contributed by atoms with van der Waals surface area (Å²) in [7, 11) is 0. The highest BCUT2D eigenvalue weighted by Gasteiger charge is 2.21. The highest BCUT2D eigenvalue weighted by molar-refractivity contribution is 6.31. The Morgan fingerprint density at radius 3 is 2.50 bits per heavy atom. The van der Waals surface area contributed by atoms with Gasteiger partial charge in [0.05, 0.1) is 0 Å². The minimum absolute atomic E-state index is 0.239. The van der Waals surface area contributed by atoms with Gasteiger partial charge in [-0.05, 0) is 60.9 Å². The third kappa shape index (κ3) is 4.15. The molecule has 0 radical (unpaired) electrons. The predicted molar refractivity (Wildman–Crippen MR) is 88.1 cm³/mol. The van der Waals surface area contributed by atoms with Crippen LogP contribution < -0.4 is 4.74 Å². The molecule has 0 aliphatic heterocycles. The third-order valence-corrected chi connectivity index (χ3v) is 4.06. The number of rotatable bonds is 5. The predicted octanol–water partition coefficient (Wildman–Crippen LogP) is 4.68. The van der Waals surface area contributed by atoms with Crippen molar-refractivity contribution in [3.63, 3.8) is 0 Å². The van der Waals surface area contributed by atoms with E-state index in [9.17, 15) is 9.90 Å². The minimum Gasteiger partial charge on any atom is -0.478 e. The molecule has 0 heterocycles. The molecule has 3 nitrogen and oxygen atoms in total. The summed E-state index contributed by atoms with van der Waals surface area (Å²) in [6.45, 7) is 3.75. The maximum Gasteiger partial charge on any atom is 0.345 e. The topological polar surface area (TPSA) is 46.5 Å². The molecule has 1 atom stereocenters. The van der Waals surface area contributed by atoms with E-state index in [4.69, 9.17) is 27.9 Å². The number of carboxylic acids is 1. The molecule has 5 heteroatoms. The molecule has 0 unspecified atom stereocenters. The fraction of sp³-hybridized carbons (Fsp3) is 0.235. The lowest BCUT2D eigenvalue weighted by Gasteiger charge is -2.17. The molecule has 0 amide bonds. The van der Waals surface area contributed by atoms with E-state index in [2.05, 4.69) is 0 Å². The maximum absolute atomic E-state index is 11.5. The summed E-state index contributed by atoms with van der Waals surface area (Å²) in [4.78, 5) is 11.5. The largest absolute Gasteiger partial charge is 0.478 e. The molecule has 0 spiro atoms. The van der Waals surface area contributed by atoms with Gasteiger partial charge < -0.3 is 9.84 Å². The molecule has 0 bridgehead atoms. The second-order valence-electron chi connectivity index (χ2n) is 5.13. The summed E-state index contributed by atoms with van der Waals surface area (Å²) in [5.41, 5.74) is 2.67. The Morgan fingerprint density at radius 2 is 1.86 bits per heavy atom. The van der Waals surface area contributed by atoms with Crippen molar-refractivity contribution in [1.29, 1.82) is 0 Å². The van der Waals surface area contributed by atoms with E-state index in [1.807, 2.05) is 19.9 Å². The minimum atomic E-state index is -1.02. The summed E-state index contributed by atoms with van der Waals surface area (Å²) in [6.07, 6.45) is -0.749. The van der Waals surface area contributed by atoms with Crippen molar-refractivity contribution in [2.24, 2.45) is 0 Å². The lowest BCUT2D eigenvalue weighted by Crippen LogP contribution is -2.29. The molecule has 0 fully saturated rings. The standard InChI is InChI=1S/C17H16Cl2O3/c1-10-3-4-13(18)8-12(10)9-16(17(20)21)22-14-5-6-15(19)11(2)7-14/h3-8,16H,9H2,1-2H3,(H,20,21)/t16-/m1/s1. The molecule has 0 saturated carbocycles. The van der Waals surface area contributed by atoms with Crippen molar-refractivity contribution >= 4 is 29.2 Å². The van der Waals surface area contributed by atoms with E-state index in [1.54, 1.807) is 30.3 Å². The van der Waals surface area contributed by atoms with Crippen molar-refractivity contribution in [3.8, 4) is 5.75 Å². The first-order valence-corrected chi connectivity index (χ1v) is 7.53. The number of hydrogen-bond donors (Lipinski definition) is 1. The first kappa shape index (κ1) is 16.7. The first-order chi connectivity index (χ1) is 10.4. The van der Waals surface area contributed by atoms with E-state index < -0.39 is 12.1 Å². The van der Waals surface area contributed by atoms with Crippen molar-refractivity contribution in [1.82, 2.24) is 0 Å². The molecule has 0 saturated heterocycles. The summed E-state index contributed by atoms with van der Waals surface area (Å²) in [6, 6.07) is 10.5. The molecule has 116 valence electrons. The number of aliphatic carboxylic acids is 1. The number of benzene rings is 2. The quantitative estimate of drug-likeness (QED) is 0.860. The molecule has 2 aromatic carbocycles. The zero-order chi connectivity index (χ0) is 16.3. The van der Waals surface area contributed by atoms with Gasteiger partial charge >= 0.3 is 5.97 Å². The molecule has 1 N–H and O–H groups in total. The van der Waals surface area contributed by atoms with E-state index in [0.29, 0.717) is 15.8 Å². The van der Waals surface area contributed by atoms with E-state index in [0.717, 1.165) is 16.7 Å². The van der Waals surface area contributed by atoms with Gasteiger partial charge in [0.1, 0.15) is 5.75 Å². The van der Waals surface area contributed by atoms with Gasteiger partial charge in [-0.15, -0.1) is 0 Å². The van der Waals surface area contributed by atoms with Crippen molar-refractivity contribution < 1.29 is 14.6 Å². The molecule has 0 aromatic heterocycles. The Morgan fingerprint density at radius 1 is 1.14 bits per heavy atom. The average Bonchev–Trinajstić information content (AvgIpc) is 2.45. The van der Waals surface area contributed by atoms with Gasteiger partial charge in [0.15, 0.2) is 6.10 Å². The number of carbonyl (C=O) groups is 1. The monoisotopic (exact) mass is 338 g/mol. The fourth-order valence-electron chi connectivity index (χ4n) is 2.09. The van der Waals surface area contributed by atoms with Crippen LogP contribution in [0.2, 0.25) is 10.0 Å². The van der Waals surface area contributed by atoms with Crippen LogP contribution in [0.15, 0.2) is 36.4 Å². The zero-order valence-corrected chi connectivity index (χ0v) is 13.8. The van der Waals surface area contributed by atoms with Crippen LogP contribution in [0, 0.1) is 13.8 Å².